The minimum atomic E-state index is -0.429. The number of carbonyl (C=O) groups excluding carboxylic acids is 1. The lowest BCUT2D eigenvalue weighted by Crippen LogP contribution is -2.47. The number of nitrogens with two attached hydrogens (primary N) is 1. The van der Waals surface area contributed by atoms with Gasteiger partial charge in [0.25, 0.3) is 0 Å². The highest BCUT2D eigenvalue weighted by atomic mass is 32.1. The van der Waals surface area contributed by atoms with Crippen LogP contribution >= 0.6 is 11.3 Å². The second kappa shape index (κ2) is 9.03. The summed E-state index contributed by atoms with van der Waals surface area (Å²) in [6.07, 6.45) is 6.98. The van der Waals surface area contributed by atoms with Gasteiger partial charge in [-0.2, -0.15) is 0 Å². The summed E-state index contributed by atoms with van der Waals surface area (Å²) in [5.74, 6) is 0.180. The molecule has 1 atom stereocenters. The Bertz CT molecular complexity index is 671. The van der Waals surface area contributed by atoms with Gasteiger partial charge in [-0.05, 0) is 37.3 Å². The molecule has 1 fully saturated rings. The molecule has 0 bridgehead atoms. The van der Waals surface area contributed by atoms with Crippen molar-refractivity contribution in [2.24, 2.45) is 11.7 Å². The Morgan fingerprint density at radius 1 is 1.36 bits per heavy atom. The number of pyridine rings is 1. The van der Waals surface area contributed by atoms with E-state index in [1.54, 1.807) is 23.7 Å². The molecule has 1 aliphatic heterocycles. The van der Waals surface area contributed by atoms with Gasteiger partial charge in [0.05, 0.1) is 16.7 Å². The number of aryl methyl sites for hydroxylation is 1. The third-order valence-electron chi connectivity index (χ3n) is 4.47. The minimum absolute atomic E-state index is 0.0523. The number of amides is 1. The molecule has 2 aromatic rings. The zero-order chi connectivity index (χ0) is 17.5. The fraction of sp³-hybridized carbons (Fsp3) is 0.500. The Hall–Kier alpha value is -1.83. The lowest BCUT2D eigenvalue weighted by atomic mass is 9.92. The molecule has 1 saturated heterocycles. The smallest absolute Gasteiger partial charge is 0.237 e. The molecule has 6 nitrogen and oxygen atoms in total. The van der Waals surface area contributed by atoms with Crippen molar-refractivity contribution in [1.29, 1.82) is 0 Å². The average Bonchev–Trinajstić information content (AvgIpc) is 3.15. The zero-order valence-electron chi connectivity index (χ0n) is 14.2. The lowest BCUT2D eigenvalue weighted by Gasteiger charge is -2.26. The van der Waals surface area contributed by atoms with Crippen LogP contribution in [0.5, 0.6) is 0 Å². The van der Waals surface area contributed by atoms with Crippen molar-refractivity contribution >= 4 is 17.2 Å². The average molecular weight is 360 g/mol. The van der Waals surface area contributed by atoms with Gasteiger partial charge < -0.3 is 15.8 Å². The molecule has 0 aromatic carbocycles. The van der Waals surface area contributed by atoms with E-state index in [1.807, 2.05) is 12.1 Å². The number of aromatic nitrogens is 2. The molecule has 134 valence electrons. The Kier molecular flexibility index (Phi) is 6.49. The quantitative estimate of drug-likeness (QED) is 0.737. The van der Waals surface area contributed by atoms with Crippen LogP contribution in [-0.2, 0) is 16.0 Å². The van der Waals surface area contributed by atoms with Crippen molar-refractivity contribution in [1.82, 2.24) is 15.3 Å². The first-order chi connectivity index (χ1) is 12.2. The van der Waals surface area contributed by atoms with E-state index in [1.165, 1.54) is 0 Å². The third-order valence-corrected chi connectivity index (χ3v) is 5.38. The molecule has 25 heavy (non-hydrogen) atoms. The van der Waals surface area contributed by atoms with Gasteiger partial charge >= 0.3 is 0 Å². The van der Waals surface area contributed by atoms with E-state index < -0.39 is 6.04 Å². The molecular weight excluding hydrogens is 336 g/mol. The molecule has 7 heteroatoms. The summed E-state index contributed by atoms with van der Waals surface area (Å²) in [7, 11) is 0. The fourth-order valence-corrected chi connectivity index (χ4v) is 3.79. The van der Waals surface area contributed by atoms with E-state index in [0.29, 0.717) is 19.8 Å². The SMILES string of the molecule is NC(C(=O)NCCCc1nc(-c2ccncc2)cs1)C1CCOCC1. The van der Waals surface area contributed by atoms with E-state index in [-0.39, 0.29) is 11.8 Å². The first kappa shape index (κ1) is 18.0. The van der Waals surface area contributed by atoms with Crippen molar-refractivity contribution in [2.75, 3.05) is 19.8 Å². The molecule has 2 aromatic heterocycles. The number of rotatable bonds is 7. The molecule has 3 N–H and O–H groups in total. The standard InChI is InChI=1S/C18H24N4O2S/c19-17(14-5-10-24-11-6-14)18(23)21-7-1-2-16-22-15(12-25-16)13-3-8-20-9-4-13/h3-4,8-9,12,14,17H,1-2,5-7,10-11,19H2,(H,21,23). The predicted molar refractivity (Wildman–Crippen MR) is 98.2 cm³/mol. The highest BCUT2D eigenvalue weighted by molar-refractivity contribution is 7.09. The number of nitrogens with zero attached hydrogens (tertiary/aromatic N) is 2. The number of hydrogen-bond donors (Lipinski definition) is 2. The van der Waals surface area contributed by atoms with Crippen LogP contribution in [0.1, 0.15) is 24.3 Å². The zero-order valence-corrected chi connectivity index (χ0v) is 15.0. The van der Waals surface area contributed by atoms with E-state index in [4.69, 9.17) is 10.5 Å². The van der Waals surface area contributed by atoms with Crippen LogP contribution in [-0.4, -0.2) is 41.7 Å². The molecular formula is C18H24N4O2S. The van der Waals surface area contributed by atoms with Gasteiger partial charge in [-0.1, -0.05) is 0 Å². The highest BCUT2D eigenvalue weighted by Gasteiger charge is 2.26. The van der Waals surface area contributed by atoms with Crippen LogP contribution in [0.25, 0.3) is 11.3 Å². The van der Waals surface area contributed by atoms with Crippen molar-refractivity contribution in [3.63, 3.8) is 0 Å². The Balaban J connectivity index is 1.40. The van der Waals surface area contributed by atoms with Crippen molar-refractivity contribution in [2.45, 2.75) is 31.7 Å². The maximum absolute atomic E-state index is 12.1. The number of nitrogens with one attached hydrogen (secondary N) is 1. The maximum Gasteiger partial charge on any atom is 0.237 e. The van der Waals surface area contributed by atoms with Gasteiger partial charge in [-0.25, -0.2) is 4.98 Å². The number of carbonyl (C=O) groups is 1. The summed E-state index contributed by atoms with van der Waals surface area (Å²) in [5.41, 5.74) is 8.13. The van der Waals surface area contributed by atoms with Crippen molar-refractivity contribution in [3.05, 3.63) is 34.9 Å². The molecule has 0 spiro atoms. The van der Waals surface area contributed by atoms with E-state index in [0.717, 1.165) is 41.9 Å². The molecule has 1 unspecified atom stereocenters. The largest absolute Gasteiger partial charge is 0.381 e. The topological polar surface area (TPSA) is 90.1 Å². The second-order valence-corrected chi connectivity index (χ2v) is 7.18. The van der Waals surface area contributed by atoms with Gasteiger partial charge in [0.15, 0.2) is 0 Å². The fourth-order valence-electron chi connectivity index (χ4n) is 2.94. The van der Waals surface area contributed by atoms with Gasteiger partial charge in [0.1, 0.15) is 0 Å². The Labute approximate surface area is 151 Å². The second-order valence-electron chi connectivity index (χ2n) is 6.23. The van der Waals surface area contributed by atoms with E-state index in [2.05, 4.69) is 20.7 Å². The molecule has 3 heterocycles. The van der Waals surface area contributed by atoms with Gasteiger partial charge in [-0.3, -0.25) is 9.78 Å². The van der Waals surface area contributed by atoms with Crippen molar-refractivity contribution in [3.8, 4) is 11.3 Å². The normalized spacial score (nSPS) is 16.5. The van der Waals surface area contributed by atoms with Crippen LogP contribution < -0.4 is 11.1 Å². The van der Waals surface area contributed by atoms with Crippen LogP contribution in [0, 0.1) is 5.92 Å². The summed E-state index contributed by atoms with van der Waals surface area (Å²) in [6, 6.07) is 3.48. The van der Waals surface area contributed by atoms with Crippen molar-refractivity contribution < 1.29 is 9.53 Å². The van der Waals surface area contributed by atoms with Crippen LogP contribution in [0.4, 0.5) is 0 Å². The highest BCUT2D eigenvalue weighted by Crippen LogP contribution is 2.22. The summed E-state index contributed by atoms with van der Waals surface area (Å²) >= 11 is 1.65. The summed E-state index contributed by atoms with van der Waals surface area (Å²) < 4.78 is 5.31. The maximum atomic E-state index is 12.1. The van der Waals surface area contributed by atoms with Gasteiger partial charge in [0.2, 0.25) is 5.91 Å². The molecule has 3 rings (SSSR count). The number of thiazole rings is 1. The Morgan fingerprint density at radius 2 is 2.12 bits per heavy atom. The van der Waals surface area contributed by atoms with E-state index in [9.17, 15) is 4.79 Å². The van der Waals surface area contributed by atoms with Gasteiger partial charge in [-0.15, -0.1) is 11.3 Å². The number of hydrogen-bond acceptors (Lipinski definition) is 6. The van der Waals surface area contributed by atoms with E-state index >= 15 is 0 Å². The van der Waals surface area contributed by atoms with Crippen LogP contribution in [0.15, 0.2) is 29.9 Å². The third kappa shape index (κ3) is 5.07. The molecule has 0 radical (unpaired) electrons. The van der Waals surface area contributed by atoms with Gasteiger partial charge in [0, 0.05) is 49.5 Å². The first-order valence-corrected chi connectivity index (χ1v) is 9.58. The molecule has 0 aliphatic carbocycles. The monoisotopic (exact) mass is 360 g/mol. The first-order valence-electron chi connectivity index (χ1n) is 8.70. The summed E-state index contributed by atoms with van der Waals surface area (Å²) in [6.45, 7) is 2.03. The minimum Gasteiger partial charge on any atom is -0.381 e. The predicted octanol–water partition coefficient (Wildman–Crippen LogP) is 2.01. The van der Waals surface area contributed by atoms with Crippen LogP contribution in [0.3, 0.4) is 0 Å². The molecule has 1 aliphatic rings. The summed E-state index contributed by atoms with van der Waals surface area (Å²) in [4.78, 5) is 20.8. The lowest BCUT2D eigenvalue weighted by molar-refractivity contribution is -0.124. The summed E-state index contributed by atoms with van der Waals surface area (Å²) in [5, 5.41) is 6.09. The molecule has 1 amide bonds. The Morgan fingerprint density at radius 3 is 2.88 bits per heavy atom. The number of ether oxygens (including phenoxy) is 1. The van der Waals surface area contributed by atoms with Crippen LogP contribution in [0.2, 0.25) is 0 Å². The molecule has 0 saturated carbocycles.